The molecule has 0 bridgehead atoms. The number of hydrogen-bond donors (Lipinski definition) is 0. The lowest BCUT2D eigenvalue weighted by molar-refractivity contribution is 0.0595. The van der Waals surface area contributed by atoms with Gasteiger partial charge in [0.1, 0.15) is 23.1 Å². The molecule has 0 radical (unpaired) electrons. The molecular weight excluding hydrogens is 718 g/mol. The first-order valence-corrected chi connectivity index (χ1v) is 17.3. The van der Waals surface area contributed by atoms with Crippen molar-refractivity contribution < 1.29 is 27.8 Å². The fourth-order valence-corrected chi connectivity index (χ4v) is 7.04. The maximum atomic E-state index is 14.6. The molecule has 0 saturated heterocycles. The van der Waals surface area contributed by atoms with Gasteiger partial charge in [-0.3, -0.25) is 9.36 Å². The summed E-state index contributed by atoms with van der Waals surface area (Å²) in [6.45, 7) is 0.972. The smallest absolute Gasteiger partial charge is 0.340 e. The van der Waals surface area contributed by atoms with Gasteiger partial charge in [0.2, 0.25) is 0 Å². The number of methoxy groups -OCH3 is 1. The quantitative estimate of drug-likeness (QED) is 0.154. The van der Waals surface area contributed by atoms with Crippen LogP contribution in [0.2, 0.25) is 0 Å². The number of halogens is 3. The van der Waals surface area contributed by atoms with Crippen LogP contribution >= 0.6 is 15.9 Å². The summed E-state index contributed by atoms with van der Waals surface area (Å²) in [5, 5.41) is 8.39. The Hall–Kier alpha value is -5.29. The minimum absolute atomic E-state index is 0.0382. The van der Waals surface area contributed by atoms with Crippen molar-refractivity contribution in [3.05, 3.63) is 141 Å². The van der Waals surface area contributed by atoms with Gasteiger partial charge in [0.25, 0.3) is 0 Å². The highest BCUT2D eigenvalue weighted by molar-refractivity contribution is 9.10. The lowest BCUT2D eigenvalue weighted by atomic mass is 9.96. The zero-order chi connectivity index (χ0) is 35.6. The summed E-state index contributed by atoms with van der Waals surface area (Å²) in [6, 6.07) is 19.8. The summed E-state index contributed by atoms with van der Waals surface area (Å²) in [4.78, 5) is 11.9. The third-order valence-electron chi connectivity index (χ3n) is 9.10. The molecule has 2 aromatic heterocycles. The first-order valence-electron chi connectivity index (χ1n) is 16.5. The number of hydrogen-bond acceptors (Lipinski definition) is 6. The van der Waals surface area contributed by atoms with Gasteiger partial charge in [0.05, 0.1) is 42.8 Å². The number of nitrogens with zero attached hydrogens (tertiary/aromatic N) is 4. The predicted octanol–water partition coefficient (Wildman–Crippen LogP) is 8.05. The van der Waals surface area contributed by atoms with Crippen molar-refractivity contribution in [1.82, 2.24) is 19.6 Å². The van der Waals surface area contributed by atoms with E-state index in [-0.39, 0.29) is 11.4 Å². The van der Waals surface area contributed by atoms with Crippen LogP contribution in [0.4, 0.5) is 8.78 Å². The lowest BCUT2D eigenvalue weighted by Crippen LogP contribution is -2.08. The van der Waals surface area contributed by atoms with E-state index in [1.807, 2.05) is 69.2 Å². The van der Waals surface area contributed by atoms with Crippen molar-refractivity contribution in [2.45, 2.75) is 25.7 Å². The van der Waals surface area contributed by atoms with E-state index in [0.29, 0.717) is 66.0 Å². The molecule has 260 valence electrons. The van der Waals surface area contributed by atoms with Crippen molar-refractivity contribution in [1.29, 1.82) is 0 Å². The van der Waals surface area contributed by atoms with Crippen molar-refractivity contribution >= 4 is 21.9 Å². The second kappa shape index (κ2) is 14.5. The van der Waals surface area contributed by atoms with Gasteiger partial charge in [-0.1, -0.05) is 48.5 Å². The first kappa shape index (κ1) is 34.2. The Kier molecular flexibility index (Phi) is 9.73. The highest BCUT2D eigenvalue weighted by Gasteiger charge is 2.27. The van der Waals surface area contributed by atoms with Crippen LogP contribution in [0.25, 0.3) is 22.3 Å². The maximum absolute atomic E-state index is 14.6. The van der Waals surface area contributed by atoms with Gasteiger partial charge in [0, 0.05) is 80.0 Å². The standard InChI is InChI=1S/C21H19FN2O3.C19H16BrFN2O/c1-24-12-16(11-23-24)14-5-3-13(4-6-14)9-15-10-18(21(25)26-2)19(22)17-7-8-27-20(15)17;1-23-11-15(10-22-23)13-4-2-12(3-5-13)8-14-9-17(20)18(21)16-6-7-24-19(14)16/h3-6,10-12H,7-9H2,1-2H3;2-5,9-11H,6-8H2,1H3. The molecule has 0 unspecified atom stereocenters. The van der Waals surface area contributed by atoms with Gasteiger partial charge < -0.3 is 14.2 Å². The van der Waals surface area contributed by atoms with Gasteiger partial charge in [-0.15, -0.1) is 0 Å². The molecule has 4 aromatic carbocycles. The minimum atomic E-state index is -0.671. The van der Waals surface area contributed by atoms with E-state index in [0.717, 1.165) is 38.9 Å². The SMILES string of the molecule is COC(=O)c1cc(Cc2ccc(-c3cnn(C)c3)cc2)c2c(c1F)CCO2.Cn1cc(-c2ccc(Cc3cc(Br)c(F)c4c3OCC4)cc2)cn1. The molecule has 0 aliphatic carbocycles. The van der Waals surface area contributed by atoms with E-state index in [9.17, 15) is 13.6 Å². The fraction of sp³-hybridized carbons (Fsp3) is 0.225. The van der Waals surface area contributed by atoms with Crippen LogP contribution < -0.4 is 9.47 Å². The minimum Gasteiger partial charge on any atom is -0.493 e. The molecule has 11 heteroatoms. The number of carbonyl (C=O) groups is 1. The van der Waals surface area contributed by atoms with E-state index in [4.69, 9.17) is 14.2 Å². The van der Waals surface area contributed by atoms with Crippen molar-refractivity contribution in [3.8, 4) is 33.8 Å². The van der Waals surface area contributed by atoms with Crippen molar-refractivity contribution in [3.63, 3.8) is 0 Å². The Bertz CT molecular complexity index is 2230. The van der Waals surface area contributed by atoms with Crippen LogP contribution in [0, 0.1) is 11.6 Å². The molecule has 0 amide bonds. The molecule has 2 aliphatic heterocycles. The number of esters is 1. The molecule has 4 heterocycles. The number of aryl methyl sites for hydroxylation is 2. The second-order valence-corrected chi connectivity index (χ2v) is 13.4. The van der Waals surface area contributed by atoms with Gasteiger partial charge in [-0.05, 0) is 55.9 Å². The van der Waals surface area contributed by atoms with Gasteiger partial charge in [0.15, 0.2) is 0 Å². The van der Waals surface area contributed by atoms with Crippen molar-refractivity contribution in [2.24, 2.45) is 14.1 Å². The summed E-state index contributed by atoms with van der Waals surface area (Å²) in [7, 11) is 5.04. The molecule has 6 aromatic rings. The van der Waals surface area contributed by atoms with Crippen LogP contribution in [-0.4, -0.2) is 45.9 Å². The Balaban J connectivity index is 0.000000160. The van der Waals surface area contributed by atoms with Gasteiger partial charge >= 0.3 is 5.97 Å². The maximum Gasteiger partial charge on any atom is 0.340 e. The topological polar surface area (TPSA) is 80.4 Å². The number of benzene rings is 4. The predicted molar refractivity (Wildman–Crippen MR) is 193 cm³/mol. The Labute approximate surface area is 302 Å². The van der Waals surface area contributed by atoms with Crippen LogP contribution in [0.1, 0.15) is 43.7 Å². The zero-order valence-electron chi connectivity index (χ0n) is 28.4. The molecule has 2 aliphatic rings. The van der Waals surface area contributed by atoms with Gasteiger partial charge in [-0.25, -0.2) is 13.6 Å². The van der Waals surface area contributed by atoms with Crippen LogP contribution in [0.3, 0.4) is 0 Å². The number of ether oxygens (including phenoxy) is 3. The number of rotatable bonds is 7. The van der Waals surface area contributed by atoms with E-state index in [2.05, 4.69) is 50.4 Å². The molecule has 0 atom stereocenters. The average Bonchev–Trinajstić information content (AvgIpc) is 3.97. The van der Waals surface area contributed by atoms with Crippen LogP contribution in [0.15, 0.2) is 89.9 Å². The summed E-state index contributed by atoms with van der Waals surface area (Å²) in [5.74, 6) is -0.137. The largest absolute Gasteiger partial charge is 0.493 e. The highest BCUT2D eigenvalue weighted by Crippen LogP contribution is 2.38. The number of carbonyl (C=O) groups excluding carboxylic acids is 1. The molecule has 0 fully saturated rings. The molecule has 0 spiro atoms. The summed E-state index contributed by atoms with van der Waals surface area (Å²) < 4.78 is 48.8. The third kappa shape index (κ3) is 7.16. The summed E-state index contributed by atoms with van der Waals surface area (Å²) in [6.07, 6.45) is 9.97. The van der Waals surface area contributed by atoms with E-state index < -0.39 is 11.8 Å². The normalized spacial score (nSPS) is 12.7. The van der Waals surface area contributed by atoms with E-state index in [1.165, 1.54) is 12.7 Å². The monoisotopic (exact) mass is 752 g/mol. The third-order valence-corrected chi connectivity index (χ3v) is 9.68. The molecule has 51 heavy (non-hydrogen) atoms. The van der Waals surface area contributed by atoms with E-state index in [1.54, 1.807) is 15.4 Å². The number of aromatic nitrogens is 4. The zero-order valence-corrected chi connectivity index (χ0v) is 30.0. The van der Waals surface area contributed by atoms with E-state index >= 15 is 0 Å². The average molecular weight is 754 g/mol. The molecule has 8 rings (SSSR count). The Morgan fingerprint density at radius 3 is 1.67 bits per heavy atom. The highest BCUT2D eigenvalue weighted by atomic mass is 79.9. The molecule has 8 nitrogen and oxygen atoms in total. The van der Waals surface area contributed by atoms with Crippen LogP contribution in [-0.2, 0) is 44.5 Å². The van der Waals surface area contributed by atoms with Crippen LogP contribution in [0.5, 0.6) is 11.5 Å². The Morgan fingerprint density at radius 1 is 0.745 bits per heavy atom. The molecule has 0 N–H and O–H groups in total. The van der Waals surface area contributed by atoms with Gasteiger partial charge in [-0.2, -0.15) is 10.2 Å². The van der Waals surface area contributed by atoms with Crippen molar-refractivity contribution in [2.75, 3.05) is 20.3 Å². The Morgan fingerprint density at radius 2 is 1.22 bits per heavy atom. The number of fused-ring (bicyclic) bond motifs is 2. The first-order chi connectivity index (χ1) is 24.7. The molecular formula is C40H35BrF2N4O4. The summed E-state index contributed by atoms with van der Waals surface area (Å²) in [5.41, 5.74) is 9.47. The summed E-state index contributed by atoms with van der Waals surface area (Å²) >= 11 is 3.32. The second-order valence-electron chi connectivity index (χ2n) is 12.6. The molecule has 0 saturated carbocycles. The fourth-order valence-electron chi connectivity index (χ4n) is 6.53. The lowest BCUT2D eigenvalue weighted by Gasteiger charge is -2.12.